The Hall–Kier alpha value is -2.35. The third kappa shape index (κ3) is 4.98. The summed E-state index contributed by atoms with van der Waals surface area (Å²) in [6.45, 7) is 4.00. The largest absolute Gasteiger partial charge is 0.323 e. The van der Waals surface area contributed by atoms with E-state index in [1.54, 1.807) is 11.8 Å². The van der Waals surface area contributed by atoms with Crippen molar-refractivity contribution in [1.29, 1.82) is 0 Å². The summed E-state index contributed by atoms with van der Waals surface area (Å²) >= 11 is 7.63. The summed E-state index contributed by atoms with van der Waals surface area (Å²) in [5.41, 5.74) is 4.09. The number of hydrogen-bond donors (Lipinski definition) is 3. The summed E-state index contributed by atoms with van der Waals surface area (Å²) in [7, 11) is 0. The maximum Gasteiger partial charge on any atom is 0.226 e. The maximum absolute atomic E-state index is 12.2. The summed E-state index contributed by atoms with van der Waals surface area (Å²) in [5.74, 6) is 1.27. The van der Waals surface area contributed by atoms with Crippen LogP contribution in [-0.4, -0.2) is 27.5 Å². The van der Waals surface area contributed by atoms with Crippen molar-refractivity contribution < 1.29 is 4.79 Å². The lowest BCUT2D eigenvalue weighted by atomic mass is 10.1. The first-order chi connectivity index (χ1) is 14.0. The number of aryl methyl sites for hydroxylation is 2. The number of fused-ring (bicyclic) bond motifs is 1. The summed E-state index contributed by atoms with van der Waals surface area (Å²) in [5, 5.41) is 11.3. The van der Waals surface area contributed by atoms with E-state index in [9.17, 15) is 4.79 Å². The quantitative estimate of drug-likeness (QED) is 0.572. The Balaban J connectivity index is 1.43. The molecule has 1 aliphatic heterocycles. The van der Waals surface area contributed by atoms with Gasteiger partial charge in [0.1, 0.15) is 0 Å². The molecule has 2 atom stereocenters. The minimum absolute atomic E-state index is 0.0109. The highest BCUT2D eigenvalue weighted by molar-refractivity contribution is 7.99. The monoisotopic (exact) mass is 427 g/mol. The van der Waals surface area contributed by atoms with E-state index < -0.39 is 6.29 Å². The zero-order valence-electron chi connectivity index (χ0n) is 16.2. The van der Waals surface area contributed by atoms with E-state index in [1.807, 2.05) is 50.2 Å². The molecule has 0 aliphatic carbocycles. The van der Waals surface area contributed by atoms with Crippen LogP contribution >= 0.6 is 23.4 Å². The van der Waals surface area contributed by atoms with E-state index in [-0.39, 0.29) is 11.3 Å². The fourth-order valence-electron chi connectivity index (χ4n) is 3.23. The van der Waals surface area contributed by atoms with E-state index in [4.69, 9.17) is 11.6 Å². The molecule has 1 saturated heterocycles. The Labute approximate surface area is 178 Å². The Kier molecular flexibility index (Phi) is 5.89. The molecule has 1 amide bonds. The molecule has 0 bridgehead atoms. The van der Waals surface area contributed by atoms with Crippen LogP contribution in [0.5, 0.6) is 0 Å². The summed E-state index contributed by atoms with van der Waals surface area (Å²) < 4.78 is 0. The molecule has 1 fully saturated rings. The molecule has 2 aromatic carbocycles. The Bertz CT molecular complexity index is 1040. The van der Waals surface area contributed by atoms with E-state index in [1.165, 1.54) is 5.56 Å². The highest BCUT2D eigenvalue weighted by Gasteiger charge is 2.26. The number of nitrogens with one attached hydrogen (secondary N) is 3. The number of carbonyl (C=O) groups is 1. The third-order valence-corrected chi connectivity index (χ3v) is 6.17. The van der Waals surface area contributed by atoms with Crippen molar-refractivity contribution in [2.24, 2.45) is 0 Å². The second-order valence-corrected chi connectivity index (χ2v) is 8.72. The number of halogens is 1. The highest BCUT2D eigenvalue weighted by atomic mass is 35.5. The van der Waals surface area contributed by atoms with Crippen molar-refractivity contribution in [3.8, 4) is 0 Å². The SMILES string of the molecule is Cc1ccc2c(C)nc(NC3NC(=O)CC(SCc4ccc(Cl)cc4)N3)nc2c1. The second-order valence-electron chi connectivity index (χ2n) is 7.09. The van der Waals surface area contributed by atoms with E-state index in [2.05, 4.69) is 32.0 Å². The van der Waals surface area contributed by atoms with Gasteiger partial charge in [0.15, 0.2) is 6.29 Å². The second kappa shape index (κ2) is 8.57. The van der Waals surface area contributed by atoms with Crippen molar-refractivity contribution in [2.75, 3.05) is 5.32 Å². The van der Waals surface area contributed by atoms with Gasteiger partial charge in [0.05, 0.1) is 23.0 Å². The van der Waals surface area contributed by atoms with Gasteiger partial charge in [-0.15, -0.1) is 11.8 Å². The number of nitrogens with zero attached hydrogens (tertiary/aromatic N) is 2. The molecule has 29 heavy (non-hydrogen) atoms. The van der Waals surface area contributed by atoms with Crippen LogP contribution in [0.2, 0.25) is 5.02 Å². The molecule has 1 aliphatic rings. The number of amides is 1. The van der Waals surface area contributed by atoms with Crippen molar-refractivity contribution >= 4 is 46.1 Å². The molecule has 8 heteroatoms. The molecule has 2 unspecified atom stereocenters. The van der Waals surface area contributed by atoms with Gasteiger partial charge in [-0.05, 0) is 43.2 Å². The van der Waals surface area contributed by atoms with Gasteiger partial charge >= 0.3 is 0 Å². The van der Waals surface area contributed by atoms with Gasteiger partial charge in [-0.3, -0.25) is 10.1 Å². The van der Waals surface area contributed by atoms with Crippen LogP contribution in [0.1, 0.15) is 23.2 Å². The smallest absolute Gasteiger partial charge is 0.226 e. The average Bonchev–Trinajstić information content (AvgIpc) is 2.67. The van der Waals surface area contributed by atoms with Crippen molar-refractivity contribution in [1.82, 2.24) is 20.6 Å². The molecule has 1 aromatic heterocycles. The standard InChI is InChI=1S/C21H22ClN5OS/c1-12-3-8-16-13(2)23-20(24-17(16)9-12)27-21-25-18(28)10-19(26-21)29-11-14-4-6-15(22)7-5-14/h3-9,19,21,26H,10-11H2,1-2H3,(H,25,28)(H,23,24,27). The Morgan fingerprint density at radius 3 is 2.76 bits per heavy atom. The molecule has 2 heterocycles. The van der Waals surface area contributed by atoms with Crippen LogP contribution in [0, 0.1) is 13.8 Å². The Morgan fingerprint density at radius 2 is 1.97 bits per heavy atom. The normalized spacial score (nSPS) is 19.2. The maximum atomic E-state index is 12.2. The van der Waals surface area contributed by atoms with Crippen molar-refractivity contribution in [2.45, 2.75) is 37.7 Å². The van der Waals surface area contributed by atoms with Gasteiger partial charge in [0, 0.05) is 16.2 Å². The molecule has 0 radical (unpaired) electrons. The minimum atomic E-state index is -0.430. The van der Waals surface area contributed by atoms with E-state index >= 15 is 0 Å². The lowest BCUT2D eigenvalue weighted by Gasteiger charge is -2.31. The zero-order chi connectivity index (χ0) is 20.4. The predicted molar refractivity (Wildman–Crippen MR) is 119 cm³/mol. The van der Waals surface area contributed by atoms with Crippen molar-refractivity contribution in [3.05, 3.63) is 64.3 Å². The molecule has 6 nitrogen and oxygen atoms in total. The first-order valence-corrected chi connectivity index (χ1v) is 10.8. The molecule has 4 rings (SSSR count). The summed E-state index contributed by atoms with van der Waals surface area (Å²) in [6, 6.07) is 13.9. The topological polar surface area (TPSA) is 78.9 Å². The predicted octanol–water partition coefficient (Wildman–Crippen LogP) is 3.96. The first kappa shape index (κ1) is 19.9. The van der Waals surface area contributed by atoms with E-state index in [0.717, 1.165) is 32.9 Å². The summed E-state index contributed by atoms with van der Waals surface area (Å²) in [4.78, 5) is 21.3. The summed E-state index contributed by atoms with van der Waals surface area (Å²) in [6.07, 6.45) is -0.0200. The number of hydrogen-bond acceptors (Lipinski definition) is 6. The van der Waals surface area contributed by atoms with Crippen molar-refractivity contribution in [3.63, 3.8) is 0 Å². The molecule has 3 aromatic rings. The van der Waals surface area contributed by atoms with E-state index in [0.29, 0.717) is 12.4 Å². The van der Waals surface area contributed by atoms with Crippen LogP contribution in [0.25, 0.3) is 10.9 Å². The number of rotatable bonds is 5. The third-order valence-electron chi connectivity index (χ3n) is 4.71. The number of anilines is 1. The Morgan fingerprint density at radius 1 is 1.17 bits per heavy atom. The highest BCUT2D eigenvalue weighted by Crippen LogP contribution is 2.23. The molecule has 3 N–H and O–H groups in total. The van der Waals surface area contributed by atoms with Gasteiger partial charge in [-0.2, -0.15) is 0 Å². The minimum Gasteiger partial charge on any atom is -0.323 e. The van der Waals surface area contributed by atoms with Crippen LogP contribution in [0.4, 0.5) is 5.95 Å². The van der Waals surface area contributed by atoms with Gasteiger partial charge in [-0.1, -0.05) is 35.9 Å². The number of aromatic nitrogens is 2. The molecular formula is C21H22ClN5OS. The lowest BCUT2D eigenvalue weighted by molar-refractivity contribution is -0.123. The van der Waals surface area contributed by atoms with Crippen LogP contribution in [0.3, 0.4) is 0 Å². The van der Waals surface area contributed by atoms with Gasteiger partial charge in [0.25, 0.3) is 0 Å². The molecule has 0 spiro atoms. The lowest BCUT2D eigenvalue weighted by Crippen LogP contribution is -2.59. The van der Waals surface area contributed by atoms with Gasteiger partial charge < -0.3 is 10.6 Å². The molecule has 150 valence electrons. The van der Waals surface area contributed by atoms with Crippen LogP contribution in [-0.2, 0) is 10.5 Å². The zero-order valence-corrected chi connectivity index (χ0v) is 17.8. The van der Waals surface area contributed by atoms with Crippen LogP contribution < -0.4 is 16.0 Å². The average molecular weight is 428 g/mol. The number of benzene rings is 2. The number of carbonyl (C=O) groups excluding carboxylic acids is 1. The van der Waals surface area contributed by atoms with Crippen LogP contribution in [0.15, 0.2) is 42.5 Å². The fourth-order valence-corrected chi connectivity index (χ4v) is 4.44. The molecular weight excluding hydrogens is 406 g/mol. The van der Waals surface area contributed by atoms with Gasteiger partial charge in [0.2, 0.25) is 11.9 Å². The fraction of sp³-hybridized carbons (Fsp3) is 0.286. The van der Waals surface area contributed by atoms with Gasteiger partial charge in [-0.25, -0.2) is 9.97 Å². The molecule has 0 saturated carbocycles. The number of thioether (sulfide) groups is 1. The first-order valence-electron chi connectivity index (χ1n) is 9.39.